The van der Waals surface area contributed by atoms with Gasteiger partial charge < -0.3 is 10.0 Å². The lowest BCUT2D eigenvalue weighted by atomic mass is 9.80. The van der Waals surface area contributed by atoms with Crippen LogP contribution in [0.15, 0.2) is 98.4 Å². The molecule has 3 aromatic rings. The largest absolute Gasteiger partial charge is 0.488 e. The molecule has 114 valence electrons. The molecule has 3 rings (SSSR count). The highest BCUT2D eigenvalue weighted by Crippen LogP contribution is 2.38. The van der Waals surface area contributed by atoms with Crippen LogP contribution in [0.25, 0.3) is 0 Å². The molecule has 0 unspecified atom stereocenters. The molecule has 0 amide bonds. The van der Waals surface area contributed by atoms with Gasteiger partial charge in [-0.2, -0.15) is 0 Å². The van der Waals surface area contributed by atoms with Gasteiger partial charge >= 0.3 is 7.12 Å². The number of benzene rings is 3. The topological polar surface area (TPSA) is 40.5 Å². The Morgan fingerprint density at radius 2 is 1.13 bits per heavy atom. The molecule has 0 radical (unpaired) electrons. The van der Waals surface area contributed by atoms with Gasteiger partial charge in [-0.3, -0.25) is 0 Å². The van der Waals surface area contributed by atoms with Crippen molar-refractivity contribution in [1.82, 2.24) is 0 Å². The maximum absolute atomic E-state index is 9.43. The Kier molecular flexibility index (Phi) is 5.46. The summed E-state index contributed by atoms with van der Waals surface area (Å²) < 4.78 is 0. The predicted octanol–water partition coefficient (Wildman–Crippen LogP) is 3.67. The molecule has 0 bridgehead atoms. The fourth-order valence-corrected chi connectivity index (χ4v) is 4.08. The first-order valence-corrected chi connectivity index (χ1v) is 8.81. The van der Waals surface area contributed by atoms with Crippen molar-refractivity contribution in [2.45, 2.75) is 19.6 Å². The summed E-state index contributed by atoms with van der Waals surface area (Å²) in [6.45, 7) is 0. The Hall–Kier alpha value is -1.66. The van der Waals surface area contributed by atoms with Gasteiger partial charge in [0.05, 0.1) is 0 Å². The van der Waals surface area contributed by atoms with Crippen molar-refractivity contribution < 1.29 is 10.0 Å². The highest BCUT2D eigenvalue weighted by atomic mass is 32.2. The molecule has 0 aromatic heterocycles. The van der Waals surface area contributed by atoms with Crippen LogP contribution in [-0.4, -0.2) is 17.2 Å². The molecule has 5 heteroatoms. The Morgan fingerprint density at radius 3 is 1.65 bits per heavy atom. The van der Waals surface area contributed by atoms with Crippen LogP contribution in [0.5, 0.6) is 0 Å². The minimum Gasteiger partial charge on any atom is -0.423 e. The first-order valence-electron chi connectivity index (χ1n) is 7.18. The van der Waals surface area contributed by atoms with Crippen LogP contribution in [0.1, 0.15) is 0 Å². The molecule has 0 atom stereocenters. The van der Waals surface area contributed by atoms with Gasteiger partial charge in [-0.05, 0) is 41.9 Å². The standard InChI is InChI=1S/C18H15BO2S2/c20-19(21)14-11-12-17(22-15-7-3-1-4-8-15)18(13-14)23-16-9-5-2-6-10-16/h1-13,20-21H. The number of hydrogen-bond donors (Lipinski definition) is 2. The van der Waals surface area contributed by atoms with Crippen LogP contribution in [-0.2, 0) is 0 Å². The molecule has 0 heterocycles. The van der Waals surface area contributed by atoms with E-state index in [1.54, 1.807) is 29.6 Å². The zero-order chi connectivity index (χ0) is 16.1. The molecule has 0 aliphatic carbocycles. The highest BCUT2D eigenvalue weighted by molar-refractivity contribution is 8.02. The molecule has 23 heavy (non-hydrogen) atoms. The number of rotatable bonds is 5. The van der Waals surface area contributed by atoms with Crippen LogP contribution in [0, 0.1) is 0 Å². The predicted molar refractivity (Wildman–Crippen MR) is 97.4 cm³/mol. The van der Waals surface area contributed by atoms with E-state index in [1.165, 1.54) is 0 Å². The van der Waals surface area contributed by atoms with E-state index in [0.29, 0.717) is 5.46 Å². The van der Waals surface area contributed by atoms with Crippen LogP contribution < -0.4 is 5.46 Å². The number of hydrogen-bond acceptors (Lipinski definition) is 4. The third-order valence-electron chi connectivity index (χ3n) is 3.21. The average molecular weight is 338 g/mol. The quantitative estimate of drug-likeness (QED) is 0.697. The summed E-state index contributed by atoms with van der Waals surface area (Å²) in [6.07, 6.45) is 0. The van der Waals surface area contributed by atoms with Gasteiger partial charge in [0, 0.05) is 19.6 Å². The smallest absolute Gasteiger partial charge is 0.423 e. The normalized spacial score (nSPS) is 10.5. The molecule has 0 aliphatic heterocycles. The van der Waals surface area contributed by atoms with E-state index in [0.717, 1.165) is 19.6 Å². The van der Waals surface area contributed by atoms with E-state index in [2.05, 4.69) is 12.1 Å². The van der Waals surface area contributed by atoms with Gasteiger partial charge in [-0.25, -0.2) is 0 Å². The Morgan fingerprint density at radius 1 is 0.609 bits per heavy atom. The zero-order valence-corrected chi connectivity index (χ0v) is 13.9. The van der Waals surface area contributed by atoms with Gasteiger partial charge in [0.1, 0.15) is 0 Å². The monoisotopic (exact) mass is 338 g/mol. The molecule has 2 nitrogen and oxygen atoms in total. The first-order chi connectivity index (χ1) is 11.2. The Bertz CT molecular complexity index is 764. The molecule has 0 spiro atoms. The van der Waals surface area contributed by atoms with Crippen LogP contribution in [0.4, 0.5) is 0 Å². The van der Waals surface area contributed by atoms with E-state index in [4.69, 9.17) is 0 Å². The molecule has 3 aromatic carbocycles. The van der Waals surface area contributed by atoms with Crippen LogP contribution >= 0.6 is 23.5 Å². The van der Waals surface area contributed by atoms with Crippen molar-refractivity contribution in [1.29, 1.82) is 0 Å². The van der Waals surface area contributed by atoms with Gasteiger partial charge in [-0.1, -0.05) is 66.0 Å². The summed E-state index contributed by atoms with van der Waals surface area (Å²) in [7, 11) is -1.46. The first kappa shape index (κ1) is 16.2. The van der Waals surface area contributed by atoms with E-state index < -0.39 is 7.12 Å². The van der Waals surface area contributed by atoms with Crippen molar-refractivity contribution in [3.63, 3.8) is 0 Å². The molecule has 0 fully saturated rings. The SMILES string of the molecule is OB(O)c1ccc(Sc2ccccc2)c(Sc2ccccc2)c1. The lowest BCUT2D eigenvalue weighted by Crippen LogP contribution is -2.29. The second-order valence-corrected chi connectivity index (χ2v) is 7.14. The third kappa shape index (κ3) is 4.42. The van der Waals surface area contributed by atoms with Gasteiger partial charge in [-0.15, -0.1) is 0 Å². The van der Waals surface area contributed by atoms with Gasteiger partial charge in [0.15, 0.2) is 0 Å². The minimum absolute atomic E-state index is 0.501. The van der Waals surface area contributed by atoms with E-state index in [9.17, 15) is 10.0 Å². The molecule has 0 aliphatic rings. The maximum atomic E-state index is 9.43. The summed E-state index contributed by atoms with van der Waals surface area (Å²) in [5.41, 5.74) is 0.501. The minimum atomic E-state index is -1.46. The zero-order valence-electron chi connectivity index (χ0n) is 12.3. The second-order valence-electron chi connectivity index (χ2n) is 4.91. The summed E-state index contributed by atoms with van der Waals surface area (Å²) in [6, 6.07) is 25.8. The lowest BCUT2D eigenvalue weighted by Gasteiger charge is -2.11. The fourth-order valence-electron chi connectivity index (χ4n) is 2.08. The summed E-state index contributed by atoms with van der Waals surface area (Å²) in [5, 5.41) is 18.9. The Balaban J connectivity index is 1.94. The summed E-state index contributed by atoms with van der Waals surface area (Å²) >= 11 is 3.29. The lowest BCUT2D eigenvalue weighted by molar-refractivity contribution is 0.425. The van der Waals surface area contributed by atoms with Crippen molar-refractivity contribution >= 4 is 36.1 Å². The third-order valence-corrected chi connectivity index (χ3v) is 5.49. The molecule has 0 saturated heterocycles. The van der Waals surface area contributed by atoms with Crippen molar-refractivity contribution in [3.8, 4) is 0 Å². The van der Waals surface area contributed by atoms with E-state index in [-0.39, 0.29) is 0 Å². The van der Waals surface area contributed by atoms with Crippen molar-refractivity contribution in [2.75, 3.05) is 0 Å². The Labute approximate surface area is 144 Å². The molecule has 0 saturated carbocycles. The van der Waals surface area contributed by atoms with Crippen LogP contribution in [0.2, 0.25) is 0 Å². The van der Waals surface area contributed by atoms with Gasteiger partial charge in [0.25, 0.3) is 0 Å². The van der Waals surface area contributed by atoms with Crippen molar-refractivity contribution in [3.05, 3.63) is 78.9 Å². The molecular formula is C18H15BO2S2. The van der Waals surface area contributed by atoms with Crippen LogP contribution in [0.3, 0.4) is 0 Å². The maximum Gasteiger partial charge on any atom is 0.488 e. The highest BCUT2D eigenvalue weighted by Gasteiger charge is 2.15. The van der Waals surface area contributed by atoms with E-state index in [1.807, 2.05) is 60.7 Å². The molecular weight excluding hydrogens is 323 g/mol. The summed E-state index contributed by atoms with van der Waals surface area (Å²) in [5.74, 6) is 0. The van der Waals surface area contributed by atoms with Crippen molar-refractivity contribution in [2.24, 2.45) is 0 Å². The average Bonchev–Trinajstić information content (AvgIpc) is 2.58. The van der Waals surface area contributed by atoms with E-state index >= 15 is 0 Å². The fraction of sp³-hybridized carbons (Fsp3) is 0. The molecule has 2 N–H and O–H groups in total. The van der Waals surface area contributed by atoms with Gasteiger partial charge in [0.2, 0.25) is 0 Å². The second kappa shape index (κ2) is 7.75. The summed E-state index contributed by atoms with van der Waals surface area (Å²) in [4.78, 5) is 4.37.